The molecule has 0 saturated carbocycles. The molecule has 0 bridgehead atoms. The normalized spacial score (nSPS) is 18.1. The molecule has 1 heterocycles. The average Bonchev–Trinajstić information content (AvgIpc) is 3.05. The van der Waals surface area contributed by atoms with Crippen molar-refractivity contribution in [1.82, 2.24) is 4.90 Å². The second-order valence-electron chi connectivity index (χ2n) is 6.65. The van der Waals surface area contributed by atoms with Gasteiger partial charge in [0.2, 0.25) is 0 Å². The molecule has 2 unspecified atom stereocenters. The highest BCUT2D eigenvalue weighted by Crippen LogP contribution is 2.37. The Kier molecular flexibility index (Phi) is 5.77. The summed E-state index contributed by atoms with van der Waals surface area (Å²) in [7, 11) is 1.78. The van der Waals surface area contributed by atoms with Crippen LogP contribution < -0.4 is 0 Å². The van der Waals surface area contributed by atoms with Gasteiger partial charge in [-0.3, -0.25) is 0 Å². The number of likely N-dealkylation sites (N-methyl/N-ethyl adjacent to an activating group) is 1. The Bertz CT molecular complexity index is 980. The first kappa shape index (κ1) is 19.2. The maximum atomic E-state index is 12.5. The van der Waals surface area contributed by atoms with Crippen LogP contribution >= 0.6 is 0 Å². The summed E-state index contributed by atoms with van der Waals surface area (Å²) in [5.74, 6) is -0.697. The quantitative estimate of drug-likeness (QED) is 0.748. The lowest BCUT2D eigenvalue weighted by Gasteiger charge is -2.25. The number of hydrogen-bond acceptors (Lipinski definition) is 5. The second kappa shape index (κ2) is 8.41. The van der Waals surface area contributed by atoms with Crippen molar-refractivity contribution >= 4 is 5.97 Å². The first-order chi connectivity index (χ1) is 13.6. The highest BCUT2D eigenvalue weighted by molar-refractivity contribution is 5.80. The Morgan fingerprint density at radius 3 is 2.50 bits per heavy atom. The number of nitriles is 2. The molecule has 0 radical (unpaired) electrons. The van der Waals surface area contributed by atoms with Gasteiger partial charge >= 0.3 is 5.97 Å². The molecule has 0 spiro atoms. The molecule has 1 aliphatic heterocycles. The van der Waals surface area contributed by atoms with Crippen molar-refractivity contribution in [2.75, 3.05) is 13.7 Å². The minimum atomic E-state index is -0.550. The lowest BCUT2D eigenvalue weighted by Crippen LogP contribution is -2.37. The van der Waals surface area contributed by atoms with Gasteiger partial charge in [0, 0.05) is 13.2 Å². The molecule has 5 heteroatoms. The monoisotopic (exact) mass is 371 g/mol. The van der Waals surface area contributed by atoms with E-state index in [1.54, 1.807) is 25.1 Å². The van der Waals surface area contributed by atoms with E-state index in [9.17, 15) is 10.1 Å². The Labute approximate surface area is 165 Å². The zero-order valence-corrected chi connectivity index (χ0v) is 15.9. The standard InChI is InChI=1S/C23H21N3O2/c1-3-28-23(27)22-21(19(14-25)15-26(22)2)18-10-8-17(9-11-18)20-7-5-4-6-16(20)12-13-24/h4-11,15,21-22H,3,12H2,1-2H3. The fourth-order valence-corrected chi connectivity index (χ4v) is 3.69. The van der Waals surface area contributed by atoms with E-state index in [-0.39, 0.29) is 11.9 Å². The fourth-order valence-electron chi connectivity index (χ4n) is 3.69. The smallest absolute Gasteiger partial charge is 0.329 e. The topological polar surface area (TPSA) is 77.1 Å². The summed E-state index contributed by atoms with van der Waals surface area (Å²) in [6, 6.07) is 19.5. The van der Waals surface area contributed by atoms with Crippen molar-refractivity contribution in [3.05, 3.63) is 71.4 Å². The van der Waals surface area contributed by atoms with Crippen LogP contribution in [0.15, 0.2) is 60.3 Å². The summed E-state index contributed by atoms with van der Waals surface area (Å²) in [5, 5.41) is 18.6. The molecule has 0 amide bonds. The molecular formula is C23H21N3O2. The third-order valence-corrected chi connectivity index (χ3v) is 4.96. The maximum absolute atomic E-state index is 12.5. The first-order valence-electron chi connectivity index (χ1n) is 9.16. The van der Waals surface area contributed by atoms with Gasteiger partial charge in [-0.2, -0.15) is 10.5 Å². The Morgan fingerprint density at radius 1 is 1.14 bits per heavy atom. The van der Waals surface area contributed by atoms with Gasteiger partial charge in [0.25, 0.3) is 0 Å². The van der Waals surface area contributed by atoms with Crippen LogP contribution in [0.4, 0.5) is 0 Å². The summed E-state index contributed by atoms with van der Waals surface area (Å²) in [6.07, 6.45) is 2.06. The van der Waals surface area contributed by atoms with Crippen LogP contribution in [0, 0.1) is 22.7 Å². The third-order valence-electron chi connectivity index (χ3n) is 4.96. The van der Waals surface area contributed by atoms with Crippen LogP contribution in [-0.2, 0) is 16.0 Å². The third kappa shape index (κ3) is 3.61. The number of ether oxygens (including phenoxy) is 1. The number of nitrogens with zero attached hydrogens (tertiary/aromatic N) is 3. The molecule has 5 nitrogen and oxygen atoms in total. The number of carbonyl (C=O) groups is 1. The summed E-state index contributed by atoms with van der Waals surface area (Å²) in [6.45, 7) is 2.07. The predicted octanol–water partition coefficient (Wildman–Crippen LogP) is 3.79. The van der Waals surface area contributed by atoms with E-state index in [4.69, 9.17) is 10.00 Å². The lowest BCUT2D eigenvalue weighted by atomic mass is 9.86. The summed E-state index contributed by atoms with van der Waals surface area (Å²) in [4.78, 5) is 14.2. The van der Waals surface area contributed by atoms with Crippen LogP contribution in [0.1, 0.15) is 24.0 Å². The van der Waals surface area contributed by atoms with Crippen LogP contribution in [-0.4, -0.2) is 30.6 Å². The molecule has 140 valence electrons. The SMILES string of the molecule is CCOC(=O)C1C(c2ccc(-c3ccccc3CC#N)cc2)C(C#N)=CN1C. The molecule has 0 N–H and O–H groups in total. The Balaban J connectivity index is 1.96. The average molecular weight is 371 g/mol. The molecule has 2 atom stereocenters. The van der Waals surface area contributed by atoms with Crippen molar-refractivity contribution < 1.29 is 9.53 Å². The van der Waals surface area contributed by atoms with Crippen molar-refractivity contribution in [2.24, 2.45) is 0 Å². The van der Waals surface area contributed by atoms with Gasteiger partial charge in [0.05, 0.1) is 36.7 Å². The number of benzene rings is 2. The molecule has 0 fully saturated rings. The van der Waals surface area contributed by atoms with Gasteiger partial charge in [-0.15, -0.1) is 0 Å². The van der Waals surface area contributed by atoms with Crippen molar-refractivity contribution in [3.63, 3.8) is 0 Å². The maximum Gasteiger partial charge on any atom is 0.329 e. The first-order valence-corrected chi connectivity index (χ1v) is 9.16. The highest BCUT2D eigenvalue weighted by atomic mass is 16.5. The van der Waals surface area contributed by atoms with E-state index in [1.807, 2.05) is 48.5 Å². The molecule has 3 rings (SSSR count). The van der Waals surface area contributed by atoms with Crippen molar-refractivity contribution in [2.45, 2.75) is 25.3 Å². The number of esters is 1. The van der Waals surface area contributed by atoms with Gasteiger partial charge in [0.15, 0.2) is 0 Å². The summed E-state index contributed by atoms with van der Waals surface area (Å²) >= 11 is 0. The molecular weight excluding hydrogens is 350 g/mol. The molecule has 1 aliphatic rings. The van der Waals surface area contributed by atoms with E-state index >= 15 is 0 Å². The fraction of sp³-hybridized carbons (Fsp3) is 0.261. The van der Waals surface area contributed by atoms with Crippen LogP contribution in [0.3, 0.4) is 0 Å². The van der Waals surface area contributed by atoms with E-state index in [0.717, 1.165) is 22.3 Å². The highest BCUT2D eigenvalue weighted by Gasteiger charge is 2.40. The minimum absolute atomic E-state index is 0.298. The minimum Gasteiger partial charge on any atom is -0.464 e. The Hall–Kier alpha value is -3.57. The molecule has 2 aromatic carbocycles. The van der Waals surface area contributed by atoms with Gasteiger partial charge in [-0.05, 0) is 29.2 Å². The summed E-state index contributed by atoms with van der Waals surface area (Å²) < 4.78 is 5.22. The van der Waals surface area contributed by atoms with Gasteiger partial charge in [0.1, 0.15) is 6.04 Å². The van der Waals surface area contributed by atoms with E-state index in [2.05, 4.69) is 12.1 Å². The molecule has 28 heavy (non-hydrogen) atoms. The molecule has 2 aromatic rings. The van der Waals surface area contributed by atoms with E-state index < -0.39 is 6.04 Å². The largest absolute Gasteiger partial charge is 0.464 e. The number of hydrogen-bond donors (Lipinski definition) is 0. The van der Waals surface area contributed by atoms with Gasteiger partial charge in [-0.1, -0.05) is 48.5 Å². The number of rotatable bonds is 5. The van der Waals surface area contributed by atoms with Crippen LogP contribution in [0.2, 0.25) is 0 Å². The molecule has 0 saturated heterocycles. The van der Waals surface area contributed by atoms with E-state index in [0.29, 0.717) is 18.6 Å². The van der Waals surface area contributed by atoms with Crippen LogP contribution in [0.25, 0.3) is 11.1 Å². The molecule has 0 aliphatic carbocycles. The summed E-state index contributed by atoms with van der Waals surface area (Å²) in [5.41, 5.74) is 4.41. The predicted molar refractivity (Wildman–Crippen MR) is 106 cm³/mol. The van der Waals surface area contributed by atoms with Gasteiger partial charge in [-0.25, -0.2) is 4.79 Å². The zero-order chi connectivity index (χ0) is 20.1. The van der Waals surface area contributed by atoms with Crippen molar-refractivity contribution in [1.29, 1.82) is 10.5 Å². The Morgan fingerprint density at radius 2 is 1.86 bits per heavy atom. The second-order valence-corrected chi connectivity index (χ2v) is 6.65. The lowest BCUT2D eigenvalue weighted by molar-refractivity contribution is -0.148. The van der Waals surface area contributed by atoms with E-state index in [1.165, 1.54) is 0 Å². The zero-order valence-electron chi connectivity index (χ0n) is 15.9. The van der Waals surface area contributed by atoms with Crippen molar-refractivity contribution in [3.8, 4) is 23.3 Å². The van der Waals surface area contributed by atoms with Crippen LogP contribution in [0.5, 0.6) is 0 Å². The van der Waals surface area contributed by atoms with Gasteiger partial charge < -0.3 is 9.64 Å². The number of carbonyl (C=O) groups excluding carboxylic acids is 1. The molecule has 0 aromatic heterocycles.